The van der Waals surface area contributed by atoms with E-state index in [0.29, 0.717) is 0 Å². The quantitative estimate of drug-likeness (QED) is 0.168. The largest absolute Gasteiger partial charge is 0.454 e. The van der Waals surface area contributed by atoms with Gasteiger partial charge in [0.1, 0.15) is 5.58 Å². The van der Waals surface area contributed by atoms with Gasteiger partial charge in [0.05, 0.1) is 5.69 Å². The summed E-state index contributed by atoms with van der Waals surface area (Å²) in [5.74, 6) is 0. The Balaban J connectivity index is 1.12. The zero-order valence-corrected chi connectivity index (χ0v) is 29.4. The van der Waals surface area contributed by atoms with Gasteiger partial charge in [-0.1, -0.05) is 158 Å². The smallest absolute Gasteiger partial charge is 0.160 e. The van der Waals surface area contributed by atoms with Gasteiger partial charge in [-0.2, -0.15) is 0 Å². The highest BCUT2D eigenvalue weighted by atomic mass is 16.3. The van der Waals surface area contributed by atoms with Crippen molar-refractivity contribution in [3.63, 3.8) is 0 Å². The summed E-state index contributed by atoms with van der Waals surface area (Å²) in [4.78, 5) is 2.36. The first-order valence-electron chi connectivity index (χ1n) is 18.5. The molecule has 0 spiro atoms. The molecule has 54 heavy (non-hydrogen) atoms. The summed E-state index contributed by atoms with van der Waals surface area (Å²) < 4.78 is 6.85. The second kappa shape index (κ2) is 12.2. The van der Waals surface area contributed by atoms with Crippen molar-refractivity contribution in [1.82, 2.24) is 0 Å². The van der Waals surface area contributed by atoms with Crippen molar-refractivity contribution >= 4 is 82.1 Å². The zero-order valence-electron chi connectivity index (χ0n) is 29.4. The lowest BCUT2D eigenvalue weighted by molar-refractivity contribution is 0.669. The predicted octanol–water partition coefficient (Wildman–Crippen LogP) is 15.0. The molecular formula is C52H33NO. The molecule has 0 saturated carbocycles. The second-order valence-electron chi connectivity index (χ2n) is 14.1. The molecule has 0 unspecified atom stereocenters. The first-order valence-corrected chi connectivity index (χ1v) is 18.5. The summed E-state index contributed by atoms with van der Waals surface area (Å²) in [6, 6.07) is 72.2. The molecule has 0 N–H and O–H groups in total. The molecule has 0 aliphatic carbocycles. The maximum Gasteiger partial charge on any atom is 0.160 e. The molecule has 0 radical (unpaired) electrons. The fourth-order valence-electron chi connectivity index (χ4n) is 8.40. The fourth-order valence-corrected chi connectivity index (χ4v) is 8.40. The third-order valence-corrected chi connectivity index (χ3v) is 11.0. The van der Waals surface area contributed by atoms with Crippen LogP contribution in [-0.2, 0) is 0 Å². The Kier molecular flexibility index (Phi) is 6.90. The highest BCUT2D eigenvalue weighted by Crippen LogP contribution is 2.46. The van der Waals surface area contributed by atoms with Gasteiger partial charge in [0.15, 0.2) is 5.58 Å². The summed E-state index contributed by atoms with van der Waals surface area (Å²) >= 11 is 0. The minimum atomic E-state index is 0.862. The molecule has 11 rings (SSSR count). The molecule has 2 nitrogen and oxygen atoms in total. The van der Waals surface area contributed by atoms with E-state index in [4.69, 9.17) is 4.42 Å². The van der Waals surface area contributed by atoms with Crippen molar-refractivity contribution in [2.45, 2.75) is 0 Å². The number of hydrogen-bond donors (Lipinski definition) is 0. The van der Waals surface area contributed by atoms with Gasteiger partial charge in [-0.25, -0.2) is 0 Å². The Bertz CT molecular complexity index is 3210. The molecule has 0 fully saturated rings. The minimum Gasteiger partial charge on any atom is -0.454 e. The number of anilines is 3. The highest BCUT2D eigenvalue weighted by molar-refractivity contribution is 6.17. The summed E-state index contributed by atoms with van der Waals surface area (Å²) in [5.41, 5.74) is 9.54. The van der Waals surface area contributed by atoms with Gasteiger partial charge in [-0.15, -0.1) is 0 Å². The number of furan rings is 1. The summed E-state index contributed by atoms with van der Waals surface area (Å²) in [7, 11) is 0. The van der Waals surface area contributed by atoms with Crippen LogP contribution >= 0.6 is 0 Å². The topological polar surface area (TPSA) is 16.4 Å². The van der Waals surface area contributed by atoms with E-state index in [-0.39, 0.29) is 0 Å². The molecule has 0 amide bonds. The van der Waals surface area contributed by atoms with E-state index in [0.717, 1.165) is 50.1 Å². The van der Waals surface area contributed by atoms with Gasteiger partial charge in [-0.05, 0) is 108 Å². The van der Waals surface area contributed by atoms with Crippen molar-refractivity contribution in [3.8, 4) is 22.3 Å². The zero-order chi connectivity index (χ0) is 35.6. The Hall–Kier alpha value is -7.16. The molecule has 11 aromatic rings. The van der Waals surface area contributed by atoms with Gasteiger partial charge in [0.2, 0.25) is 0 Å². The number of para-hydroxylation sites is 1. The van der Waals surface area contributed by atoms with E-state index in [1.165, 1.54) is 54.2 Å². The predicted molar refractivity (Wildman–Crippen MR) is 229 cm³/mol. The lowest BCUT2D eigenvalue weighted by Gasteiger charge is -2.27. The van der Waals surface area contributed by atoms with Crippen molar-refractivity contribution in [2.24, 2.45) is 0 Å². The molecule has 252 valence electrons. The monoisotopic (exact) mass is 687 g/mol. The normalized spacial score (nSPS) is 11.7. The van der Waals surface area contributed by atoms with Crippen molar-refractivity contribution in [3.05, 3.63) is 200 Å². The van der Waals surface area contributed by atoms with E-state index >= 15 is 0 Å². The van der Waals surface area contributed by atoms with Crippen LogP contribution in [0.1, 0.15) is 0 Å². The number of fused-ring (bicyclic) bond motifs is 9. The van der Waals surface area contributed by atoms with Gasteiger partial charge < -0.3 is 9.32 Å². The van der Waals surface area contributed by atoms with Gasteiger partial charge >= 0.3 is 0 Å². The Morgan fingerprint density at radius 1 is 0.333 bits per heavy atom. The third-order valence-electron chi connectivity index (χ3n) is 11.0. The van der Waals surface area contributed by atoms with Crippen molar-refractivity contribution < 1.29 is 4.42 Å². The maximum atomic E-state index is 6.85. The van der Waals surface area contributed by atoms with Crippen LogP contribution in [0.4, 0.5) is 17.1 Å². The number of hydrogen-bond acceptors (Lipinski definition) is 2. The molecule has 0 aliphatic heterocycles. The third kappa shape index (κ3) is 4.88. The average molecular weight is 688 g/mol. The number of benzene rings is 10. The van der Waals surface area contributed by atoms with E-state index < -0.39 is 0 Å². The Labute approximate surface area is 312 Å². The summed E-state index contributed by atoms with van der Waals surface area (Å²) in [6.45, 7) is 0. The minimum absolute atomic E-state index is 0.862. The molecule has 0 saturated heterocycles. The number of nitrogens with zero attached hydrogens (tertiary/aromatic N) is 1. The molecule has 0 aliphatic rings. The molecule has 0 atom stereocenters. The maximum absolute atomic E-state index is 6.85. The van der Waals surface area contributed by atoms with Crippen LogP contribution in [0.5, 0.6) is 0 Å². The molecular weight excluding hydrogens is 655 g/mol. The Morgan fingerprint density at radius 2 is 0.907 bits per heavy atom. The molecule has 1 aromatic heterocycles. The van der Waals surface area contributed by atoms with E-state index in [9.17, 15) is 0 Å². The second-order valence-corrected chi connectivity index (χ2v) is 14.1. The van der Waals surface area contributed by atoms with Crippen LogP contribution in [0.2, 0.25) is 0 Å². The summed E-state index contributed by atoms with van der Waals surface area (Å²) in [5, 5.41) is 12.2. The lowest BCUT2D eigenvalue weighted by Crippen LogP contribution is -2.10. The van der Waals surface area contributed by atoms with Gasteiger partial charge in [-0.3, -0.25) is 0 Å². The standard InChI is InChI=1S/C52H33NO/c1-2-10-35(11-3-1)46-30-31-49(52-51(46)47-16-8-9-17-50(47)54-52)53(42-28-24-38-19-18-37-13-5-7-15-44(37)48(38)33-42)41-26-22-34(23-27-41)39-25-29-45-40(32-39)21-20-36-12-4-6-14-43(36)45/h1-33H. The fraction of sp³-hybridized carbons (Fsp3) is 0. The van der Waals surface area contributed by atoms with Crippen LogP contribution in [0.25, 0.3) is 87.3 Å². The average Bonchev–Trinajstić information content (AvgIpc) is 3.64. The summed E-state index contributed by atoms with van der Waals surface area (Å²) in [6.07, 6.45) is 0. The first kappa shape index (κ1) is 30.5. The lowest BCUT2D eigenvalue weighted by atomic mass is 9.96. The molecule has 0 bridgehead atoms. The Morgan fingerprint density at radius 3 is 1.69 bits per heavy atom. The van der Waals surface area contributed by atoms with E-state index in [1.807, 2.05) is 6.07 Å². The molecule has 2 heteroatoms. The van der Waals surface area contributed by atoms with Gasteiger partial charge in [0.25, 0.3) is 0 Å². The molecule has 1 heterocycles. The highest BCUT2D eigenvalue weighted by Gasteiger charge is 2.22. The van der Waals surface area contributed by atoms with Crippen LogP contribution in [0.15, 0.2) is 205 Å². The van der Waals surface area contributed by atoms with Crippen molar-refractivity contribution in [2.75, 3.05) is 4.90 Å². The SMILES string of the molecule is c1ccc(-c2ccc(N(c3ccc(-c4ccc5c(ccc6ccccc65)c4)cc3)c3ccc4ccc5ccccc5c4c3)c3oc4ccccc4c23)cc1. The van der Waals surface area contributed by atoms with E-state index in [2.05, 4.69) is 199 Å². The van der Waals surface area contributed by atoms with E-state index in [1.54, 1.807) is 0 Å². The molecule has 10 aromatic carbocycles. The van der Waals surface area contributed by atoms with Crippen LogP contribution < -0.4 is 4.90 Å². The number of rotatable bonds is 5. The van der Waals surface area contributed by atoms with Crippen LogP contribution in [-0.4, -0.2) is 0 Å². The van der Waals surface area contributed by atoms with Crippen LogP contribution in [0, 0.1) is 0 Å². The first-order chi connectivity index (χ1) is 26.8. The van der Waals surface area contributed by atoms with Crippen LogP contribution in [0.3, 0.4) is 0 Å². The van der Waals surface area contributed by atoms with Gasteiger partial charge in [0, 0.05) is 22.1 Å². The van der Waals surface area contributed by atoms with Crippen molar-refractivity contribution in [1.29, 1.82) is 0 Å².